The van der Waals surface area contributed by atoms with Crippen molar-refractivity contribution in [2.24, 2.45) is 0 Å². The number of hydrogen-bond acceptors (Lipinski definition) is 4. The first-order valence-electron chi connectivity index (χ1n) is 10.9. The maximum atomic E-state index is 12.2. The third-order valence-corrected chi connectivity index (χ3v) is 6.81. The Kier molecular flexibility index (Phi) is 6.95. The van der Waals surface area contributed by atoms with Gasteiger partial charge < -0.3 is 14.2 Å². The molecular formula is C26H25ClN4O2S. The summed E-state index contributed by atoms with van der Waals surface area (Å²) in [5, 5.41) is 19.7. The van der Waals surface area contributed by atoms with Crippen LogP contribution in [0.4, 0.5) is 0 Å². The highest BCUT2D eigenvalue weighted by Crippen LogP contribution is 2.32. The number of carboxylic acid groups (broad SMARTS) is 1. The van der Waals surface area contributed by atoms with E-state index in [1.165, 1.54) is 5.56 Å². The van der Waals surface area contributed by atoms with Crippen molar-refractivity contribution < 1.29 is 9.90 Å². The van der Waals surface area contributed by atoms with E-state index in [0.717, 1.165) is 40.0 Å². The van der Waals surface area contributed by atoms with Crippen LogP contribution in [0.3, 0.4) is 0 Å². The number of aromatic nitrogens is 4. The molecule has 0 amide bonds. The van der Waals surface area contributed by atoms with Crippen LogP contribution in [-0.2, 0) is 11.3 Å². The zero-order chi connectivity index (χ0) is 24.4. The summed E-state index contributed by atoms with van der Waals surface area (Å²) in [6.45, 7) is 8.65. The first kappa shape index (κ1) is 23.9. The topological polar surface area (TPSA) is 72.9 Å². The third kappa shape index (κ3) is 4.81. The van der Waals surface area contributed by atoms with Gasteiger partial charge in [-0.25, -0.2) is 4.79 Å². The molecule has 0 unspecified atom stereocenters. The Balaban J connectivity index is 1.71. The Morgan fingerprint density at radius 1 is 1.09 bits per heavy atom. The van der Waals surface area contributed by atoms with E-state index in [2.05, 4.69) is 39.9 Å². The number of thioether (sulfide) groups is 1. The maximum absolute atomic E-state index is 12.2. The van der Waals surface area contributed by atoms with Crippen LogP contribution in [0.1, 0.15) is 29.4 Å². The fraction of sp³-hybridized carbons (Fsp3) is 0.192. The summed E-state index contributed by atoms with van der Waals surface area (Å²) in [6.07, 6.45) is 1.71. The first-order valence-corrected chi connectivity index (χ1v) is 12.1. The summed E-state index contributed by atoms with van der Waals surface area (Å²) < 4.78 is 4.04. The van der Waals surface area contributed by atoms with E-state index < -0.39 is 5.97 Å². The largest absolute Gasteiger partial charge is 0.477 e. The second-order valence-electron chi connectivity index (χ2n) is 7.97. The van der Waals surface area contributed by atoms with Gasteiger partial charge in [-0.15, -0.1) is 10.2 Å². The van der Waals surface area contributed by atoms with Crippen molar-refractivity contribution in [3.8, 4) is 17.1 Å². The van der Waals surface area contributed by atoms with E-state index in [9.17, 15) is 9.90 Å². The number of rotatable bonds is 7. The second-order valence-corrected chi connectivity index (χ2v) is 9.42. The minimum absolute atomic E-state index is 0.175. The molecule has 1 N–H and O–H groups in total. The number of halogens is 1. The lowest BCUT2D eigenvalue weighted by molar-refractivity contribution is -0.131. The van der Waals surface area contributed by atoms with Crippen LogP contribution in [-0.4, -0.2) is 30.4 Å². The average molecular weight is 493 g/mol. The summed E-state index contributed by atoms with van der Waals surface area (Å²) in [7, 11) is 0. The Labute approximate surface area is 207 Å². The van der Waals surface area contributed by atoms with Crippen molar-refractivity contribution in [3.63, 3.8) is 0 Å². The van der Waals surface area contributed by atoms with Gasteiger partial charge in [-0.05, 0) is 99.1 Å². The van der Waals surface area contributed by atoms with Crippen molar-refractivity contribution in [2.45, 2.75) is 39.4 Å². The van der Waals surface area contributed by atoms with Gasteiger partial charge in [-0.2, -0.15) is 0 Å². The molecule has 0 radical (unpaired) electrons. The molecule has 2 aromatic heterocycles. The van der Waals surface area contributed by atoms with E-state index >= 15 is 0 Å². The molecular weight excluding hydrogens is 468 g/mol. The Morgan fingerprint density at radius 3 is 2.47 bits per heavy atom. The van der Waals surface area contributed by atoms with Gasteiger partial charge in [0.2, 0.25) is 0 Å². The van der Waals surface area contributed by atoms with Gasteiger partial charge in [0.25, 0.3) is 0 Å². The molecule has 0 spiro atoms. The van der Waals surface area contributed by atoms with Crippen LogP contribution in [0, 0.1) is 20.8 Å². The van der Waals surface area contributed by atoms with Crippen molar-refractivity contribution in [2.75, 3.05) is 0 Å². The summed E-state index contributed by atoms with van der Waals surface area (Å²) in [5.74, 6) is -0.340. The smallest absolute Gasteiger partial charge is 0.342 e. The Hall–Kier alpha value is -3.29. The number of hydrogen-bond donors (Lipinski definition) is 1. The van der Waals surface area contributed by atoms with Crippen molar-refractivity contribution in [3.05, 3.63) is 87.0 Å². The molecule has 4 aromatic rings. The average Bonchev–Trinajstić information content (AvgIpc) is 3.33. The number of carbonyl (C=O) groups is 1. The molecule has 0 aliphatic heterocycles. The van der Waals surface area contributed by atoms with Gasteiger partial charge in [0, 0.05) is 34.2 Å². The molecule has 34 heavy (non-hydrogen) atoms. The second kappa shape index (κ2) is 9.91. The molecule has 0 saturated carbocycles. The predicted molar refractivity (Wildman–Crippen MR) is 138 cm³/mol. The van der Waals surface area contributed by atoms with E-state index in [1.54, 1.807) is 18.2 Å². The molecule has 4 rings (SSSR count). The van der Waals surface area contributed by atoms with Gasteiger partial charge in [-0.1, -0.05) is 23.7 Å². The van der Waals surface area contributed by atoms with Crippen LogP contribution < -0.4 is 0 Å². The van der Waals surface area contributed by atoms with Gasteiger partial charge in [0.15, 0.2) is 11.0 Å². The molecule has 0 saturated heterocycles. The molecule has 2 aromatic carbocycles. The van der Waals surface area contributed by atoms with Crippen LogP contribution >= 0.6 is 23.4 Å². The van der Waals surface area contributed by atoms with Gasteiger partial charge >= 0.3 is 5.97 Å². The summed E-state index contributed by atoms with van der Waals surface area (Å²) in [4.78, 5) is 12.3. The quantitative estimate of drug-likeness (QED) is 0.234. The monoisotopic (exact) mass is 492 g/mol. The lowest BCUT2D eigenvalue weighted by atomic mass is 10.2. The highest BCUT2D eigenvalue weighted by Gasteiger charge is 2.19. The van der Waals surface area contributed by atoms with Crippen molar-refractivity contribution in [1.82, 2.24) is 19.3 Å². The van der Waals surface area contributed by atoms with Crippen molar-refractivity contribution in [1.29, 1.82) is 0 Å². The highest BCUT2D eigenvalue weighted by atomic mass is 35.5. The number of nitrogens with zero attached hydrogens (tertiary/aromatic N) is 4. The van der Waals surface area contributed by atoms with Crippen LogP contribution in [0.15, 0.2) is 64.7 Å². The van der Waals surface area contributed by atoms with Gasteiger partial charge in [0.1, 0.15) is 4.91 Å². The minimum Gasteiger partial charge on any atom is -0.477 e. The lowest BCUT2D eigenvalue weighted by Gasteiger charge is -2.10. The molecule has 6 nitrogen and oxygen atoms in total. The summed E-state index contributed by atoms with van der Waals surface area (Å²) in [6, 6.07) is 17.6. The molecule has 0 aliphatic carbocycles. The van der Waals surface area contributed by atoms with Gasteiger partial charge in [-0.3, -0.25) is 0 Å². The lowest BCUT2D eigenvalue weighted by Crippen LogP contribution is -2.03. The minimum atomic E-state index is -1.01. The fourth-order valence-corrected chi connectivity index (χ4v) is 4.94. The standard InChI is InChI=1S/C26H25ClN4O2S/c1-5-30-24(19-9-11-21(27)12-10-19)28-29-26(30)34-23(25(32)33)15-20-14-17(3)31(18(20)4)22-8-6-7-16(2)13-22/h6-15H,5H2,1-4H3,(H,32,33)/b23-15+. The normalized spacial score (nSPS) is 11.7. The SMILES string of the molecule is CCn1c(S/C(=C/c2cc(C)n(-c3cccc(C)c3)c2C)C(=O)O)nnc1-c1ccc(Cl)cc1. The number of aliphatic carboxylic acids is 1. The molecule has 2 heterocycles. The molecule has 8 heteroatoms. The van der Waals surface area contributed by atoms with E-state index in [1.807, 2.05) is 49.6 Å². The van der Waals surface area contributed by atoms with E-state index in [-0.39, 0.29) is 4.91 Å². The number of aryl methyl sites for hydroxylation is 2. The van der Waals surface area contributed by atoms with Crippen molar-refractivity contribution >= 4 is 35.4 Å². The molecule has 0 atom stereocenters. The highest BCUT2D eigenvalue weighted by molar-refractivity contribution is 8.04. The third-order valence-electron chi connectivity index (χ3n) is 5.56. The number of carboxylic acids is 1. The Bertz CT molecular complexity index is 1390. The fourth-order valence-electron chi connectivity index (χ4n) is 3.93. The van der Waals surface area contributed by atoms with Crippen LogP contribution in [0.2, 0.25) is 5.02 Å². The molecule has 0 aliphatic rings. The summed E-state index contributed by atoms with van der Waals surface area (Å²) >= 11 is 7.11. The van der Waals surface area contributed by atoms with E-state index in [4.69, 9.17) is 11.6 Å². The predicted octanol–water partition coefficient (Wildman–Crippen LogP) is 6.55. The molecule has 0 fully saturated rings. The van der Waals surface area contributed by atoms with Crippen LogP contribution in [0.25, 0.3) is 23.2 Å². The number of benzene rings is 2. The van der Waals surface area contributed by atoms with Crippen LogP contribution in [0.5, 0.6) is 0 Å². The van der Waals surface area contributed by atoms with Gasteiger partial charge in [0.05, 0.1) is 0 Å². The maximum Gasteiger partial charge on any atom is 0.342 e. The zero-order valence-corrected chi connectivity index (χ0v) is 21.0. The summed E-state index contributed by atoms with van der Waals surface area (Å²) in [5.41, 5.74) is 5.95. The Morgan fingerprint density at radius 2 is 1.82 bits per heavy atom. The molecule has 174 valence electrons. The zero-order valence-electron chi connectivity index (χ0n) is 19.4. The first-order chi connectivity index (χ1) is 16.3. The van der Waals surface area contributed by atoms with E-state index in [0.29, 0.717) is 22.5 Å². The molecule has 0 bridgehead atoms.